The van der Waals surface area contributed by atoms with Crippen LogP contribution in [0.3, 0.4) is 0 Å². The molecule has 3 heterocycles. The number of hydrogen-bond acceptors (Lipinski definition) is 6. The fourth-order valence-corrected chi connectivity index (χ4v) is 3.50. The molecule has 8 nitrogen and oxygen atoms in total. The van der Waals surface area contributed by atoms with Crippen LogP contribution in [0.25, 0.3) is 5.82 Å². The highest BCUT2D eigenvalue weighted by Gasteiger charge is 2.23. The second kappa shape index (κ2) is 8.52. The van der Waals surface area contributed by atoms with E-state index in [0.717, 1.165) is 36.3 Å². The van der Waals surface area contributed by atoms with E-state index in [9.17, 15) is 4.79 Å². The number of anilines is 1. The van der Waals surface area contributed by atoms with Gasteiger partial charge in [-0.05, 0) is 57.2 Å². The average molecular weight is 406 g/mol. The number of aromatic nitrogens is 4. The van der Waals surface area contributed by atoms with Crippen LogP contribution in [0.1, 0.15) is 30.0 Å². The first-order chi connectivity index (χ1) is 14.5. The first kappa shape index (κ1) is 19.9. The SMILES string of the molecule is Cc1nccn1-c1ccc(N2CCN(C(=O)c3ccc(OC(C)C)cc3)CC2)nn1. The second-order valence-corrected chi connectivity index (χ2v) is 7.56. The summed E-state index contributed by atoms with van der Waals surface area (Å²) < 4.78 is 7.54. The highest BCUT2D eigenvalue weighted by molar-refractivity contribution is 5.94. The van der Waals surface area contributed by atoms with Crippen molar-refractivity contribution >= 4 is 11.7 Å². The molecule has 0 N–H and O–H groups in total. The number of imidazole rings is 1. The number of carbonyl (C=O) groups excluding carboxylic acids is 1. The van der Waals surface area contributed by atoms with Gasteiger partial charge in [-0.15, -0.1) is 10.2 Å². The van der Waals surface area contributed by atoms with E-state index >= 15 is 0 Å². The summed E-state index contributed by atoms with van der Waals surface area (Å²) in [5.41, 5.74) is 0.680. The Morgan fingerprint density at radius 1 is 0.967 bits per heavy atom. The number of benzene rings is 1. The Kier molecular flexibility index (Phi) is 5.65. The van der Waals surface area contributed by atoms with E-state index in [2.05, 4.69) is 20.1 Å². The van der Waals surface area contributed by atoms with Gasteiger partial charge in [-0.25, -0.2) is 4.98 Å². The van der Waals surface area contributed by atoms with Crippen molar-refractivity contribution < 1.29 is 9.53 Å². The van der Waals surface area contributed by atoms with E-state index in [1.165, 1.54) is 0 Å². The Morgan fingerprint density at radius 3 is 2.20 bits per heavy atom. The molecule has 4 rings (SSSR count). The van der Waals surface area contributed by atoms with E-state index in [4.69, 9.17) is 4.74 Å². The maximum atomic E-state index is 12.8. The molecule has 2 aromatic heterocycles. The Hall–Kier alpha value is -3.42. The second-order valence-electron chi connectivity index (χ2n) is 7.56. The van der Waals surface area contributed by atoms with Gasteiger partial charge in [0.15, 0.2) is 11.6 Å². The predicted octanol–water partition coefficient (Wildman–Crippen LogP) is 2.72. The van der Waals surface area contributed by atoms with Crippen LogP contribution in [0.15, 0.2) is 48.8 Å². The quantitative estimate of drug-likeness (QED) is 0.649. The van der Waals surface area contributed by atoms with Gasteiger partial charge >= 0.3 is 0 Å². The van der Waals surface area contributed by atoms with Gasteiger partial charge in [-0.2, -0.15) is 0 Å². The molecule has 1 saturated heterocycles. The fourth-order valence-electron chi connectivity index (χ4n) is 3.50. The predicted molar refractivity (Wildman–Crippen MR) is 114 cm³/mol. The third-order valence-electron chi connectivity index (χ3n) is 5.07. The standard InChI is InChI=1S/C22H26N6O2/c1-16(2)30-19-6-4-18(5-7-19)22(29)27-14-12-26(13-15-27)20-8-9-21(25-24-20)28-11-10-23-17(28)3/h4-11,16H,12-15H2,1-3H3. The van der Waals surface area contributed by atoms with Gasteiger partial charge in [0.2, 0.25) is 0 Å². The zero-order valence-electron chi connectivity index (χ0n) is 17.5. The van der Waals surface area contributed by atoms with Crippen LogP contribution in [0.5, 0.6) is 5.75 Å². The minimum absolute atomic E-state index is 0.0442. The lowest BCUT2D eigenvalue weighted by molar-refractivity contribution is 0.0746. The fraction of sp³-hybridized carbons (Fsp3) is 0.364. The number of amides is 1. The molecule has 0 atom stereocenters. The smallest absolute Gasteiger partial charge is 0.253 e. The summed E-state index contributed by atoms with van der Waals surface area (Å²) in [6.07, 6.45) is 3.72. The molecule has 0 bridgehead atoms. The van der Waals surface area contributed by atoms with Crippen molar-refractivity contribution in [2.75, 3.05) is 31.1 Å². The van der Waals surface area contributed by atoms with Gasteiger partial charge in [0, 0.05) is 44.1 Å². The summed E-state index contributed by atoms with van der Waals surface area (Å²) in [7, 11) is 0. The molecule has 3 aromatic rings. The van der Waals surface area contributed by atoms with Crippen LogP contribution in [0.2, 0.25) is 0 Å². The molecule has 8 heteroatoms. The third-order valence-corrected chi connectivity index (χ3v) is 5.07. The van der Waals surface area contributed by atoms with Crippen molar-refractivity contribution in [3.8, 4) is 11.6 Å². The summed E-state index contributed by atoms with van der Waals surface area (Å²) in [6, 6.07) is 11.3. The highest BCUT2D eigenvalue weighted by Crippen LogP contribution is 2.18. The van der Waals surface area contributed by atoms with E-state index in [1.807, 2.05) is 72.8 Å². The zero-order chi connectivity index (χ0) is 21.1. The van der Waals surface area contributed by atoms with Crippen molar-refractivity contribution in [3.05, 3.63) is 60.2 Å². The normalized spacial score (nSPS) is 14.3. The Balaban J connectivity index is 1.35. The summed E-state index contributed by atoms with van der Waals surface area (Å²) in [4.78, 5) is 21.1. The van der Waals surface area contributed by atoms with Crippen molar-refractivity contribution in [1.82, 2.24) is 24.6 Å². The van der Waals surface area contributed by atoms with Gasteiger partial charge in [0.1, 0.15) is 11.6 Å². The van der Waals surface area contributed by atoms with Gasteiger partial charge in [0.25, 0.3) is 5.91 Å². The molecule has 0 unspecified atom stereocenters. The van der Waals surface area contributed by atoms with Crippen molar-refractivity contribution in [3.63, 3.8) is 0 Å². The molecular formula is C22H26N6O2. The lowest BCUT2D eigenvalue weighted by atomic mass is 10.1. The van der Waals surface area contributed by atoms with E-state index in [1.54, 1.807) is 6.20 Å². The number of rotatable bonds is 5. The molecule has 1 aliphatic rings. The molecule has 1 aliphatic heterocycles. The summed E-state index contributed by atoms with van der Waals surface area (Å²) in [5, 5.41) is 8.70. The monoisotopic (exact) mass is 406 g/mol. The highest BCUT2D eigenvalue weighted by atomic mass is 16.5. The van der Waals surface area contributed by atoms with Crippen molar-refractivity contribution in [1.29, 1.82) is 0 Å². The van der Waals surface area contributed by atoms with E-state index in [-0.39, 0.29) is 12.0 Å². The number of piperazine rings is 1. The lowest BCUT2D eigenvalue weighted by Gasteiger charge is -2.35. The van der Waals surface area contributed by atoms with Crippen molar-refractivity contribution in [2.45, 2.75) is 26.9 Å². The van der Waals surface area contributed by atoms with Crippen LogP contribution < -0.4 is 9.64 Å². The first-order valence-electron chi connectivity index (χ1n) is 10.2. The summed E-state index contributed by atoms with van der Waals surface area (Å²) in [5.74, 6) is 3.25. The summed E-state index contributed by atoms with van der Waals surface area (Å²) in [6.45, 7) is 8.62. The van der Waals surface area contributed by atoms with Gasteiger partial charge < -0.3 is 14.5 Å². The molecule has 1 aromatic carbocycles. The first-order valence-corrected chi connectivity index (χ1v) is 10.2. The van der Waals surface area contributed by atoms with Gasteiger partial charge in [0.05, 0.1) is 6.10 Å². The molecule has 0 spiro atoms. The number of aryl methyl sites for hydroxylation is 1. The van der Waals surface area contributed by atoms with Crippen LogP contribution in [-0.2, 0) is 0 Å². The van der Waals surface area contributed by atoms with Gasteiger partial charge in [-0.3, -0.25) is 9.36 Å². The number of carbonyl (C=O) groups is 1. The molecule has 1 amide bonds. The van der Waals surface area contributed by atoms with Crippen molar-refractivity contribution in [2.24, 2.45) is 0 Å². The van der Waals surface area contributed by atoms with E-state index < -0.39 is 0 Å². The van der Waals surface area contributed by atoms with Crippen LogP contribution in [0.4, 0.5) is 5.82 Å². The Morgan fingerprint density at radius 2 is 1.63 bits per heavy atom. The van der Waals surface area contributed by atoms with E-state index in [0.29, 0.717) is 18.7 Å². The summed E-state index contributed by atoms with van der Waals surface area (Å²) >= 11 is 0. The molecule has 0 saturated carbocycles. The molecule has 30 heavy (non-hydrogen) atoms. The van der Waals surface area contributed by atoms with Crippen LogP contribution >= 0.6 is 0 Å². The Bertz CT molecular complexity index is 989. The lowest BCUT2D eigenvalue weighted by Crippen LogP contribution is -2.49. The number of hydrogen-bond donors (Lipinski definition) is 0. The maximum Gasteiger partial charge on any atom is 0.253 e. The Labute approximate surface area is 176 Å². The minimum atomic E-state index is 0.0442. The number of ether oxygens (including phenoxy) is 1. The molecule has 1 fully saturated rings. The average Bonchev–Trinajstić information content (AvgIpc) is 3.19. The van der Waals surface area contributed by atoms with Crippen LogP contribution in [0, 0.1) is 6.92 Å². The maximum absolute atomic E-state index is 12.8. The minimum Gasteiger partial charge on any atom is -0.491 e. The zero-order valence-corrected chi connectivity index (χ0v) is 17.5. The number of nitrogens with zero attached hydrogens (tertiary/aromatic N) is 6. The van der Waals surface area contributed by atoms with Crippen LogP contribution in [-0.4, -0.2) is 62.8 Å². The topological polar surface area (TPSA) is 76.4 Å². The van der Waals surface area contributed by atoms with Gasteiger partial charge in [-0.1, -0.05) is 0 Å². The molecule has 0 aliphatic carbocycles. The molecular weight excluding hydrogens is 380 g/mol. The third kappa shape index (κ3) is 4.27. The molecule has 156 valence electrons. The molecule has 0 radical (unpaired) electrons. The largest absolute Gasteiger partial charge is 0.491 e.